The lowest BCUT2D eigenvalue weighted by atomic mass is 9.95. The van der Waals surface area contributed by atoms with Crippen LogP contribution in [0.2, 0.25) is 0 Å². The molecule has 0 spiro atoms. The van der Waals surface area contributed by atoms with Crippen LogP contribution < -0.4 is 20.0 Å². The molecular formula is C40H41N4O3+. The lowest BCUT2D eigenvalue weighted by Gasteiger charge is -2.45. The third kappa shape index (κ3) is 6.54. The van der Waals surface area contributed by atoms with E-state index in [2.05, 4.69) is 98.0 Å². The van der Waals surface area contributed by atoms with Crippen LogP contribution in [0.4, 0.5) is 17.2 Å². The third-order valence-corrected chi connectivity index (χ3v) is 9.31. The number of hydrogen-bond acceptors (Lipinski definition) is 5. The quantitative estimate of drug-likeness (QED) is 0.0564. The molecule has 3 N–H and O–H groups in total. The Balaban J connectivity index is 1.57. The van der Waals surface area contributed by atoms with Crippen LogP contribution in [0.15, 0.2) is 128 Å². The fourth-order valence-corrected chi connectivity index (χ4v) is 6.77. The Morgan fingerprint density at radius 1 is 0.894 bits per heavy atom. The number of pyridine rings is 1. The number of carbonyl (C=O) groups is 1. The molecule has 1 aliphatic rings. The Morgan fingerprint density at radius 3 is 2.13 bits per heavy atom. The molecule has 0 fully saturated rings. The summed E-state index contributed by atoms with van der Waals surface area (Å²) in [5.41, 5.74) is 8.53. The molecule has 6 rings (SSSR count). The number of amides is 1. The van der Waals surface area contributed by atoms with E-state index in [1.165, 1.54) is 17.2 Å². The highest BCUT2D eigenvalue weighted by Gasteiger charge is 2.59. The zero-order valence-corrected chi connectivity index (χ0v) is 26.9. The van der Waals surface area contributed by atoms with Crippen LogP contribution >= 0.6 is 0 Å². The lowest BCUT2D eigenvalue weighted by Crippen LogP contribution is -2.63. The summed E-state index contributed by atoms with van der Waals surface area (Å²) in [4.78, 5) is 17.1. The van der Waals surface area contributed by atoms with Crippen LogP contribution in [0.25, 0.3) is 6.08 Å². The first-order valence-electron chi connectivity index (χ1n) is 16.1. The van der Waals surface area contributed by atoms with E-state index in [-0.39, 0.29) is 0 Å². The van der Waals surface area contributed by atoms with E-state index in [0.717, 1.165) is 59.7 Å². The number of rotatable bonds is 12. The first-order valence-corrected chi connectivity index (χ1v) is 16.1. The average Bonchev–Trinajstić information content (AvgIpc) is 3.40. The standard InChI is InChI=1S/C40H40N4O3/c1-30-34(21-22-37(45)43-46)28-35(47-29-33-18-10-5-11-19-33)39-38(30)42-40(2,25-23-31-14-6-3-7-15-31)44(39,36-20-12-13-26-41-36)27-24-32-16-8-4-9-17-32/h3-22,26,28,42H,23-25,27,29H2,1-2H3,(H-,43,45,46)/p+1. The van der Waals surface area contributed by atoms with Crippen LogP contribution in [0.5, 0.6) is 5.75 Å². The van der Waals surface area contributed by atoms with Gasteiger partial charge in [0.25, 0.3) is 5.91 Å². The number of aryl methyl sites for hydroxylation is 1. The van der Waals surface area contributed by atoms with Crippen LogP contribution in [-0.4, -0.2) is 28.3 Å². The van der Waals surface area contributed by atoms with Crippen LogP contribution in [0.3, 0.4) is 0 Å². The Kier molecular flexibility index (Phi) is 9.47. The predicted octanol–water partition coefficient (Wildman–Crippen LogP) is 8.14. The summed E-state index contributed by atoms with van der Waals surface area (Å²) in [5, 5.41) is 13.2. The van der Waals surface area contributed by atoms with Gasteiger partial charge in [-0.2, -0.15) is 0 Å². The molecule has 0 saturated carbocycles. The van der Waals surface area contributed by atoms with Crippen LogP contribution in [0.1, 0.15) is 41.2 Å². The Morgan fingerprint density at radius 2 is 1.51 bits per heavy atom. The van der Waals surface area contributed by atoms with Gasteiger partial charge in [0.2, 0.25) is 11.5 Å². The Labute approximate surface area is 276 Å². The van der Waals surface area contributed by atoms with Gasteiger partial charge < -0.3 is 10.1 Å². The monoisotopic (exact) mass is 625 g/mol. The van der Waals surface area contributed by atoms with Gasteiger partial charge in [0.05, 0.1) is 6.54 Å². The van der Waals surface area contributed by atoms with Crippen LogP contribution in [0, 0.1) is 6.92 Å². The number of fused-ring (bicyclic) bond motifs is 1. The van der Waals surface area contributed by atoms with Gasteiger partial charge in [-0.15, -0.1) is 0 Å². The van der Waals surface area contributed by atoms with Crippen molar-refractivity contribution < 1.29 is 14.7 Å². The van der Waals surface area contributed by atoms with Gasteiger partial charge >= 0.3 is 0 Å². The molecule has 1 aliphatic heterocycles. The van der Waals surface area contributed by atoms with E-state index in [1.54, 1.807) is 11.6 Å². The van der Waals surface area contributed by atoms with Crippen molar-refractivity contribution in [2.75, 3.05) is 11.9 Å². The fourth-order valence-electron chi connectivity index (χ4n) is 6.77. The first-order chi connectivity index (χ1) is 22.9. The fraction of sp³-hybridized carbons (Fsp3) is 0.200. The second kappa shape index (κ2) is 14.0. The summed E-state index contributed by atoms with van der Waals surface area (Å²) in [5.74, 6) is 1.05. The molecule has 0 aliphatic carbocycles. The summed E-state index contributed by atoms with van der Waals surface area (Å²) in [6.45, 7) is 5.47. The molecular weight excluding hydrogens is 584 g/mol. The maximum atomic E-state index is 12.1. The molecule has 2 atom stereocenters. The van der Waals surface area contributed by atoms with Gasteiger partial charge in [0.1, 0.15) is 12.3 Å². The van der Waals surface area contributed by atoms with E-state index in [4.69, 9.17) is 9.72 Å². The van der Waals surface area contributed by atoms with Crippen LogP contribution in [-0.2, 0) is 24.2 Å². The summed E-state index contributed by atoms with van der Waals surface area (Å²) in [7, 11) is 0. The molecule has 1 amide bonds. The molecule has 4 aromatic carbocycles. The molecule has 7 nitrogen and oxygen atoms in total. The first kappa shape index (κ1) is 31.7. The predicted molar refractivity (Wildman–Crippen MR) is 188 cm³/mol. The summed E-state index contributed by atoms with van der Waals surface area (Å²) in [6.07, 6.45) is 7.41. The summed E-state index contributed by atoms with van der Waals surface area (Å²) < 4.78 is 7.21. The van der Waals surface area contributed by atoms with Crippen molar-refractivity contribution in [3.05, 3.63) is 155 Å². The molecule has 7 heteroatoms. The highest BCUT2D eigenvalue weighted by Crippen LogP contribution is 2.59. The van der Waals surface area contributed by atoms with Gasteiger partial charge in [0.15, 0.2) is 11.4 Å². The van der Waals surface area contributed by atoms with Crippen molar-refractivity contribution in [3.63, 3.8) is 0 Å². The number of benzene rings is 4. The Hall–Kier alpha value is -5.24. The maximum Gasteiger partial charge on any atom is 0.267 e. The minimum Gasteiger partial charge on any atom is -0.483 e. The van der Waals surface area contributed by atoms with E-state index in [1.807, 2.05) is 42.6 Å². The molecule has 2 unspecified atom stereocenters. The van der Waals surface area contributed by atoms with Crippen molar-refractivity contribution in [3.8, 4) is 5.75 Å². The smallest absolute Gasteiger partial charge is 0.267 e. The van der Waals surface area contributed by atoms with Gasteiger partial charge in [-0.1, -0.05) is 97.1 Å². The number of anilines is 1. The Bertz CT molecular complexity index is 1830. The number of carbonyl (C=O) groups excluding carboxylic acids is 1. The number of quaternary nitrogens is 1. The SMILES string of the molecule is Cc1c(C=CC(=O)NO)cc(OCc2ccccc2)c2c1NC(C)(CCc1ccccc1)[N+]2(CCc1ccccc1)c1ccccn1. The second-order valence-electron chi connectivity index (χ2n) is 12.2. The second-order valence-corrected chi connectivity index (χ2v) is 12.2. The van der Waals surface area contributed by atoms with E-state index < -0.39 is 11.6 Å². The number of nitrogens with one attached hydrogen (secondary N) is 2. The van der Waals surface area contributed by atoms with Gasteiger partial charge in [0, 0.05) is 38.1 Å². The molecule has 0 saturated heterocycles. The zero-order valence-electron chi connectivity index (χ0n) is 26.9. The molecule has 47 heavy (non-hydrogen) atoms. The zero-order chi connectivity index (χ0) is 32.7. The van der Waals surface area contributed by atoms with Gasteiger partial charge in [-0.25, -0.2) is 14.9 Å². The number of nitrogens with zero attached hydrogens (tertiary/aromatic N) is 2. The van der Waals surface area contributed by atoms with E-state index in [0.29, 0.717) is 16.8 Å². The van der Waals surface area contributed by atoms with Crippen molar-refractivity contribution in [2.24, 2.45) is 0 Å². The third-order valence-electron chi connectivity index (χ3n) is 9.31. The number of hydroxylamine groups is 1. The average molecular weight is 626 g/mol. The molecule has 1 aromatic heterocycles. The maximum absolute atomic E-state index is 12.1. The topological polar surface area (TPSA) is 83.5 Å². The number of ether oxygens (including phenoxy) is 1. The van der Waals surface area contributed by atoms with Crippen molar-refractivity contribution in [1.82, 2.24) is 14.9 Å². The normalized spacial score (nSPS) is 18.4. The van der Waals surface area contributed by atoms with Crippen molar-refractivity contribution >= 4 is 29.2 Å². The van der Waals surface area contributed by atoms with E-state index in [9.17, 15) is 10.0 Å². The highest BCUT2D eigenvalue weighted by atomic mass is 16.5. The summed E-state index contributed by atoms with van der Waals surface area (Å²) >= 11 is 0. The van der Waals surface area contributed by atoms with Gasteiger partial charge in [-0.05, 0) is 59.4 Å². The number of hydrogen-bond donors (Lipinski definition) is 3. The van der Waals surface area contributed by atoms with Crippen molar-refractivity contribution in [2.45, 2.75) is 45.4 Å². The minimum atomic E-state index is -0.598. The molecule has 2 heterocycles. The van der Waals surface area contributed by atoms with E-state index >= 15 is 0 Å². The molecule has 0 radical (unpaired) electrons. The molecule has 0 bridgehead atoms. The largest absolute Gasteiger partial charge is 0.483 e. The molecule has 238 valence electrons. The van der Waals surface area contributed by atoms with Crippen molar-refractivity contribution in [1.29, 1.82) is 0 Å². The number of aromatic nitrogens is 1. The lowest BCUT2D eigenvalue weighted by molar-refractivity contribution is -0.124. The van der Waals surface area contributed by atoms with Gasteiger partial charge in [-0.3, -0.25) is 10.0 Å². The highest BCUT2D eigenvalue weighted by molar-refractivity contribution is 5.94. The summed E-state index contributed by atoms with van der Waals surface area (Å²) in [6, 6.07) is 39.5. The minimum absolute atomic E-state index is 0.373. The molecule has 5 aromatic rings.